The first-order valence-corrected chi connectivity index (χ1v) is 11.3. The van der Waals surface area contributed by atoms with Gasteiger partial charge in [0.1, 0.15) is 17.7 Å². The average molecular weight is 439 g/mol. The number of hydrogen-bond acceptors (Lipinski definition) is 7. The van der Waals surface area contributed by atoms with Crippen molar-refractivity contribution in [1.29, 1.82) is 0 Å². The molecule has 1 aliphatic heterocycles. The predicted octanol–water partition coefficient (Wildman–Crippen LogP) is 4.01. The van der Waals surface area contributed by atoms with Crippen molar-refractivity contribution < 1.29 is 14.3 Å². The van der Waals surface area contributed by atoms with E-state index in [9.17, 15) is 4.79 Å². The Bertz CT molecular complexity index is 1020. The number of benzene rings is 2. The molecule has 0 radical (unpaired) electrons. The van der Waals surface area contributed by atoms with Crippen LogP contribution in [0.3, 0.4) is 0 Å². The molecule has 1 N–H and O–H groups in total. The third-order valence-electron chi connectivity index (χ3n) is 5.12. The zero-order chi connectivity index (χ0) is 21.6. The Balaban J connectivity index is 1.33. The standard InChI is InChI=1S/C23H26N4O3S/c1-3-16-9-11-17(12-10-16)24-22(28)23-26-25-21(31-23)14-27(4-2)13-18-15-29-19-7-5-6-8-20(19)30-18/h5-12,18H,3-4,13-15H2,1-2H3,(H,24,28). The van der Waals surface area contributed by atoms with Gasteiger partial charge in [-0.2, -0.15) is 0 Å². The first-order chi connectivity index (χ1) is 15.1. The van der Waals surface area contributed by atoms with Crippen molar-refractivity contribution in [1.82, 2.24) is 15.1 Å². The summed E-state index contributed by atoms with van der Waals surface area (Å²) in [6.07, 6.45) is 0.906. The van der Waals surface area contributed by atoms with E-state index in [1.165, 1.54) is 16.9 Å². The summed E-state index contributed by atoms with van der Waals surface area (Å²) in [7, 11) is 0. The Morgan fingerprint density at radius 2 is 1.90 bits per heavy atom. The fraction of sp³-hybridized carbons (Fsp3) is 0.348. The number of para-hydroxylation sites is 2. The second-order valence-electron chi connectivity index (χ2n) is 7.33. The number of amides is 1. The normalized spacial score (nSPS) is 15.1. The molecule has 2 heterocycles. The molecular formula is C23H26N4O3S. The molecule has 162 valence electrons. The molecule has 1 atom stereocenters. The second-order valence-corrected chi connectivity index (χ2v) is 8.39. The number of fused-ring (bicyclic) bond motifs is 1. The van der Waals surface area contributed by atoms with Crippen LogP contribution in [0.15, 0.2) is 48.5 Å². The smallest absolute Gasteiger partial charge is 0.286 e. The van der Waals surface area contributed by atoms with Crippen molar-refractivity contribution in [2.75, 3.05) is 25.0 Å². The van der Waals surface area contributed by atoms with Crippen molar-refractivity contribution in [3.05, 3.63) is 64.1 Å². The molecule has 2 aromatic carbocycles. The Morgan fingerprint density at radius 3 is 2.65 bits per heavy atom. The topological polar surface area (TPSA) is 76.6 Å². The molecule has 7 nitrogen and oxygen atoms in total. The number of aryl methyl sites for hydroxylation is 1. The van der Waals surface area contributed by atoms with Crippen LogP contribution in [0.2, 0.25) is 0 Å². The summed E-state index contributed by atoms with van der Waals surface area (Å²) >= 11 is 1.31. The summed E-state index contributed by atoms with van der Waals surface area (Å²) in [6, 6.07) is 15.5. The molecule has 8 heteroatoms. The molecular weight excluding hydrogens is 412 g/mol. The molecule has 1 amide bonds. The van der Waals surface area contributed by atoms with E-state index < -0.39 is 0 Å². The Hall–Kier alpha value is -2.97. The van der Waals surface area contributed by atoms with Crippen LogP contribution >= 0.6 is 11.3 Å². The zero-order valence-corrected chi connectivity index (χ0v) is 18.5. The molecule has 0 saturated heterocycles. The van der Waals surface area contributed by atoms with E-state index in [0.29, 0.717) is 24.7 Å². The van der Waals surface area contributed by atoms with Crippen molar-refractivity contribution in [2.24, 2.45) is 0 Å². The maximum atomic E-state index is 12.5. The molecule has 0 spiro atoms. The first kappa shape index (κ1) is 21.3. The molecule has 0 aliphatic carbocycles. The molecule has 1 aliphatic rings. The quantitative estimate of drug-likeness (QED) is 0.573. The number of nitrogens with zero attached hydrogens (tertiary/aromatic N) is 3. The molecule has 31 heavy (non-hydrogen) atoms. The second kappa shape index (κ2) is 9.89. The van der Waals surface area contributed by atoms with Gasteiger partial charge in [0.05, 0.1) is 6.54 Å². The van der Waals surface area contributed by atoms with Gasteiger partial charge in [0.25, 0.3) is 5.91 Å². The number of anilines is 1. The van der Waals surface area contributed by atoms with Crippen molar-refractivity contribution in [2.45, 2.75) is 32.9 Å². The summed E-state index contributed by atoms with van der Waals surface area (Å²) in [5.74, 6) is 1.32. The van der Waals surface area contributed by atoms with Gasteiger partial charge in [0, 0.05) is 12.2 Å². The Kier molecular flexibility index (Phi) is 6.79. The van der Waals surface area contributed by atoms with E-state index in [4.69, 9.17) is 9.47 Å². The van der Waals surface area contributed by atoms with Crippen LogP contribution in [-0.4, -0.2) is 46.8 Å². The minimum absolute atomic E-state index is 0.0587. The van der Waals surface area contributed by atoms with Crippen LogP contribution in [-0.2, 0) is 13.0 Å². The highest BCUT2D eigenvalue weighted by Crippen LogP contribution is 2.31. The Labute approximate surface area is 186 Å². The average Bonchev–Trinajstić information content (AvgIpc) is 3.28. The highest BCUT2D eigenvalue weighted by molar-refractivity contribution is 7.13. The van der Waals surface area contributed by atoms with Gasteiger partial charge in [-0.15, -0.1) is 10.2 Å². The van der Waals surface area contributed by atoms with E-state index >= 15 is 0 Å². The molecule has 0 saturated carbocycles. The monoisotopic (exact) mass is 438 g/mol. The summed E-state index contributed by atoms with van der Waals surface area (Å²) in [6.45, 7) is 6.83. The lowest BCUT2D eigenvalue weighted by Crippen LogP contribution is -2.40. The van der Waals surface area contributed by atoms with Gasteiger partial charge in [-0.3, -0.25) is 9.69 Å². The van der Waals surface area contributed by atoms with Gasteiger partial charge in [-0.1, -0.05) is 49.4 Å². The lowest BCUT2D eigenvalue weighted by Gasteiger charge is -2.30. The van der Waals surface area contributed by atoms with E-state index in [0.717, 1.165) is 35.2 Å². The number of hydrogen-bond donors (Lipinski definition) is 1. The van der Waals surface area contributed by atoms with Crippen LogP contribution < -0.4 is 14.8 Å². The molecule has 1 unspecified atom stereocenters. The lowest BCUT2D eigenvalue weighted by molar-refractivity contribution is 0.0579. The van der Waals surface area contributed by atoms with E-state index in [1.807, 2.05) is 48.5 Å². The van der Waals surface area contributed by atoms with Gasteiger partial charge >= 0.3 is 0 Å². The summed E-state index contributed by atoms with van der Waals surface area (Å²) in [5, 5.41) is 12.3. The van der Waals surface area contributed by atoms with Crippen molar-refractivity contribution in [3.8, 4) is 11.5 Å². The van der Waals surface area contributed by atoms with Crippen molar-refractivity contribution >= 4 is 22.9 Å². The maximum absolute atomic E-state index is 12.5. The summed E-state index contributed by atoms with van der Waals surface area (Å²) in [5.41, 5.74) is 1.98. The molecule has 0 bridgehead atoms. The third kappa shape index (κ3) is 5.39. The lowest BCUT2D eigenvalue weighted by atomic mass is 10.1. The number of rotatable bonds is 8. The van der Waals surface area contributed by atoms with Gasteiger partial charge in [0.15, 0.2) is 11.5 Å². The van der Waals surface area contributed by atoms with Crippen LogP contribution in [0.5, 0.6) is 11.5 Å². The highest BCUT2D eigenvalue weighted by atomic mass is 32.1. The SMILES string of the molecule is CCc1ccc(NC(=O)c2nnc(CN(CC)CC3COc4ccccc4O3)s2)cc1. The van der Waals surface area contributed by atoms with E-state index in [2.05, 4.69) is 34.3 Å². The van der Waals surface area contributed by atoms with Gasteiger partial charge in [0.2, 0.25) is 5.01 Å². The summed E-state index contributed by atoms with van der Waals surface area (Å²) in [4.78, 5) is 14.7. The number of likely N-dealkylation sites (N-methyl/N-ethyl adjacent to an activating group) is 1. The molecule has 0 fully saturated rings. The first-order valence-electron chi connectivity index (χ1n) is 10.5. The summed E-state index contributed by atoms with van der Waals surface area (Å²) < 4.78 is 11.9. The minimum atomic E-state index is -0.239. The number of aromatic nitrogens is 2. The predicted molar refractivity (Wildman–Crippen MR) is 121 cm³/mol. The number of nitrogens with one attached hydrogen (secondary N) is 1. The Morgan fingerprint density at radius 1 is 1.13 bits per heavy atom. The van der Waals surface area contributed by atoms with Crippen LogP contribution in [0.4, 0.5) is 5.69 Å². The van der Waals surface area contributed by atoms with Gasteiger partial charge in [-0.05, 0) is 42.8 Å². The molecule has 4 rings (SSSR count). The minimum Gasteiger partial charge on any atom is -0.486 e. The van der Waals surface area contributed by atoms with Gasteiger partial charge < -0.3 is 14.8 Å². The number of carbonyl (C=O) groups is 1. The zero-order valence-electron chi connectivity index (χ0n) is 17.7. The largest absolute Gasteiger partial charge is 0.486 e. The maximum Gasteiger partial charge on any atom is 0.286 e. The number of carbonyl (C=O) groups excluding carboxylic acids is 1. The van der Waals surface area contributed by atoms with E-state index in [1.54, 1.807) is 0 Å². The van der Waals surface area contributed by atoms with Crippen LogP contribution in [0.1, 0.15) is 34.2 Å². The fourth-order valence-electron chi connectivity index (χ4n) is 3.36. The molecule has 1 aromatic heterocycles. The fourth-order valence-corrected chi connectivity index (χ4v) is 4.13. The molecule has 3 aromatic rings. The van der Waals surface area contributed by atoms with Crippen molar-refractivity contribution in [3.63, 3.8) is 0 Å². The van der Waals surface area contributed by atoms with Gasteiger partial charge in [-0.25, -0.2) is 0 Å². The van der Waals surface area contributed by atoms with Crippen LogP contribution in [0, 0.1) is 0 Å². The number of ether oxygens (including phenoxy) is 2. The van der Waals surface area contributed by atoms with Crippen LogP contribution in [0.25, 0.3) is 0 Å². The van der Waals surface area contributed by atoms with E-state index in [-0.39, 0.29) is 12.0 Å². The third-order valence-corrected chi connectivity index (χ3v) is 6.02. The highest BCUT2D eigenvalue weighted by Gasteiger charge is 2.23.